The predicted molar refractivity (Wildman–Crippen MR) is 151 cm³/mol. The van der Waals surface area contributed by atoms with E-state index in [0.717, 1.165) is 34.0 Å². The van der Waals surface area contributed by atoms with Gasteiger partial charge in [-0.25, -0.2) is 12.8 Å². The van der Waals surface area contributed by atoms with Crippen molar-refractivity contribution in [3.05, 3.63) is 95.8 Å². The van der Waals surface area contributed by atoms with E-state index in [4.69, 9.17) is 0 Å². The molecule has 7 nitrogen and oxygen atoms in total. The normalized spacial score (nSPS) is 12.8. The lowest BCUT2D eigenvalue weighted by atomic mass is 10.1. The Balaban J connectivity index is 2.04. The largest absolute Gasteiger partial charge is 0.352 e. The first-order chi connectivity index (χ1) is 18.6. The Bertz CT molecular complexity index is 1350. The van der Waals surface area contributed by atoms with Gasteiger partial charge in [-0.3, -0.25) is 13.9 Å². The number of carbonyl (C=O) groups excluding carboxylic acids is 2. The second-order valence-electron chi connectivity index (χ2n) is 9.55. The third-order valence-electron chi connectivity index (χ3n) is 6.59. The molecule has 0 aliphatic heterocycles. The third kappa shape index (κ3) is 7.66. The van der Waals surface area contributed by atoms with Crippen LogP contribution >= 0.6 is 0 Å². The second-order valence-corrected chi connectivity index (χ2v) is 11.4. The molecule has 0 spiro atoms. The van der Waals surface area contributed by atoms with Crippen LogP contribution in [0.4, 0.5) is 10.1 Å². The third-order valence-corrected chi connectivity index (χ3v) is 8.37. The first kappa shape index (κ1) is 29.8. The zero-order valence-corrected chi connectivity index (χ0v) is 23.6. The summed E-state index contributed by atoms with van der Waals surface area (Å²) in [7, 11) is -4.24. The Morgan fingerprint density at radius 1 is 0.897 bits per heavy atom. The van der Waals surface area contributed by atoms with E-state index in [9.17, 15) is 22.4 Å². The smallest absolute Gasteiger partial charge is 0.264 e. The molecule has 0 fully saturated rings. The lowest BCUT2D eigenvalue weighted by molar-refractivity contribution is -0.140. The van der Waals surface area contributed by atoms with Crippen LogP contribution in [0.1, 0.15) is 44.7 Å². The van der Waals surface area contributed by atoms with E-state index in [1.807, 2.05) is 58.0 Å². The molecule has 0 unspecified atom stereocenters. The predicted octanol–water partition coefficient (Wildman–Crippen LogP) is 5.05. The van der Waals surface area contributed by atoms with Gasteiger partial charge in [0.25, 0.3) is 10.0 Å². The number of benzene rings is 3. The molecular weight excluding hydrogens is 517 g/mol. The van der Waals surface area contributed by atoms with Gasteiger partial charge in [0.15, 0.2) is 0 Å². The molecule has 0 radical (unpaired) electrons. The van der Waals surface area contributed by atoms with Crippen molar-refractivity contribution in [2.75, 3.05) is 10.8 Å². The van der Waals surface area contributed by atoms with Gasteiger partial charge in [0.05, 0.1) is 10.6 Å². The molecule has 2 amide bonds. The first-order valence-electron chi connectivity index (χ1n) is 13.1. The van der Waals surface area contributed by atoms with Crippen LogP contribution in [0.2, 0.25) is 0 Å². The number of carbonyl (C=O) groups is 2. The Hall–Kier alpha value is -3.72. The fourth-order valence-electron chi connectivity index (χ4n) is 4.11. The average molecular weight is 554 g/mol. The van der Waals surface area contributed by atoms with Gasteiger partial charge >= 0.3 is 0 Å². The molecule has 3 aromatic carbocycles. The summed E-state index contributed by atoms with van der Waals surface area (Å²) in [5.41, 5.74) is 2.02. The van der Waals surface area contributed by atoms with Crippen molar-refractivity contribution in [3.8, 4) is 0 Å². The molecule has 0 aliphatic rings. The van der Waals surface area contributed by atoms with E-state index in [1.165, 1.54) is 17.0 Å². The molecule has 0 aliphatic carbocycles. The first-order valence-corrected chi connectivity index (χ1v) is 14.5. The molecule has 9 heteroatoms. The number of amides is 2. The maximum atomic E-state index is 14.0. The number of nitrogens with zero attached hydrogens (tertiary/aromatic N) is 2. The zero-order chi connectivity index (χ0) is 28.6. The Kier molecular flexibility index (Phi) is 10.2. The number of sulfonamides is 1. The number of aryl methyl sites for hydroxylation is 1. The van der Waals surface area contributed by atoms with Gasteiger partial charge in [0, 0.05) is 12.6 Å². The number of nitrogens with one attached hydrogen (secondary N) is 1. The van der Waals surface area contributed by atoms with Gasteiger partial charge in [-0.15, -0.1) is 0 Å². The summed E-state index contributed by atoms with van der Waals surface area (Å²) in [6, 6.07) is 19.6. The number of halogens is 1. The van der Waals surface area contributed by atoms with Crippen molar-refractivity contribution in [1.82, 2.24) is 10.2 Å². The Morgan fingerprint density at radius 2 is 1.51 bits per heavy atom. The minimum absolute atomic E-state index is 0.0804. The minimum Gasteiger partial charge on any atom is -0.352 e. The fourth-order valence-corrected chi connectivity index (χ4v) is 5.53. The van der Waals surface area contributed by atoms with Crippen molar-refractivity contribution in [1.29, 1.82) is 0 Å². The Labute approximate surface area is 230 Å². The number of anilines is 1. The van der Waals surface area contributed by atoms with Gasteiger partial charge in [-0.05, 0) is 68.7 Å². The van der Waals surface area contributed by atoms with Crippen LogP contribution in [-0.2, 0) is 26.2 Å². The molecule has 3 rings (SSSR count). The number of hydrogen-bond donors (Lipinski definition) is 1. The summed E-state index contributed by atoms with van der Waals surface area (Å²) < 4.78 is 42.1. The van der Waals surface area contributed by atoms with Crippen LogP contribution in [0.3, 0.4) is 0 Å². The summed E-state index contributed by atoms with van der Waals surface area (Å²) in [4.78, 5) is 28.5. The van der Waals surface area contributed by atoms with Crippen molar-refractivity contribution in [2.45, 2.75) is 64.1 Å². The van der Waals surface area contributed by atoms with Crippen LogP contribution in [0.5, 0.6) is 0 Å². The van der Waals surface area contributed by atoms with E-state index >= 15 is 0 Å². The van der Waals surface area contributed by atoms with Gasteiger partial charge in [0.2, 0.25) is 11.8 Å². The van der Waals surface area contributed by atoms with E-state index in [0.29, 0.717) is 6.42 Å². The quantitative estimate of drug-likeness (QED) is 0.340. The fraction of sp³-hybridized carbons (Fsp3) is 0.333. The summed E-state index contributed by atoms with van der Waals surface area (Å²) >= 11 is 0. The lowest BCUT2D eigenvalue weighted by Gasteiger charge is -2.33. The number of rotatable bonds is 12. The van der Waals surface area contributed by atoms with Crippen LogP contribution in [-0.4, -0.2) is 43.8 Å². The standard InChI is InChI=1S/C30H36FN3O4S/c1-5-23(4)32-30(36)28(6-2)33(20-24-10-8-7-9-11-24)29(35)21-34(26-16-12-22(3)13-17-26)39(37,38)27-18-14-25(31)15-19-27/h7-19,23,28H,5-6,20-21H2,1-4H3,(H,32,36)/t23-,28-/m1/s1. The Morgan fingerprint density at radius 3 is 2.08 bits per heavy atom. The highest BCUT2D eigenvalue weighted by Crippen LogP contribution is 2.25. The monoisotopic (exact) mass is 553 g/mol. The lowest BCUT2D eigenvalue weighted by Crippen LogP contribution is -2.53. The molecule has 0 saturated carbocycles. The average Bonchev–Trinajstić information content (AvgIpc) is 2.92. The molecule has 3 aromatic rings. The zero-order valence-electron chi connectivity index (χ0n) is 22.8. The van der Waals surface area contributed by atoms with E-state index in [2.05, 4.69) is 5.32 Å². The molecule has 39 heavy (non-hydrogen) atoms. The summed E-state index contributed by atoms with van der Waals surface area (Å²) in [5, 5.41) is 2.95. The minimum atomic E-state index is -4.24. The number of hydrogen-bond acceptors (Lipinski definition) is 4. The molecule has 0 aromatic heterocycles. The van der Waals surface area contributed by atoms with E-state index in [-0.39, 0.29) is 29.1 Å². The van der Waals surface area contributed by atoms with Crippen molar-refractivity contribution < 1.29 is 22.4 Å². The second kappa shape index (κ2) is 13.4. The summed E-state index contributed by atoms with van der Waals surface area (Å²) in [6.45, 7) is 7.13. The SMILES string of the molecule is CC[C@@H](C)NC(=O)[C@@H](CC)N(Cc1ccccc1)C(=O)CN(c1ccc(C)cc1)S(=O)(=O)c1ccc(F)cc1. The molecule has 2 atom stereocenters. The van der Waals surface area contributed by atoms with Crippen LogP contribution in [0, 0.1) is 12.7 Å². The maximum absolute atomic E-state index is 14.0. The van der Waals surface area contributed by atoms with Gasteiger partial charge in [-0.2, -0.15) is 0 Å². The summed E-state index contributed by atoms with van der Waals surface area (Å²) in [5.74, 6) is -1.39. The van der Waals surface area contributed by atoms with Gasteiger partial charge in [0.1, 0.15) is 18.4 Å². The van der Waals surface area contributed by atoms with Gasteiger partial charge in [-0.1, -0.05) is 61.9 Å². The van der Waals surface area contributed by atoms with Crippen LogP contribution < -0.4 is 9.62 Å². The van der Waals surface area contributed by atoms with Crippen LogP contribution in [0.25, 0.3) is 0 Å². The van der Waals surface area contributed by atoms with Gasteiger partial charge < -0.3 is 10.2 Å². The molecule has 0 saturated heterocycles. The highest BCUT2D eigenvalue weighted by Gasteiger charge is 2.34. The van der Waals surface area contributed by atoms with Crippen molar-refractivity contribution in [3.63, 3.8) is 0 Å². The van der Waals surface area contributed by atoms with E-state index < -0.39 is 34.3 Å². The molecule has 0 bridgehead atoms. The van der Waals surface area contributed by atoms with Crippen molar-refractivity contribution in [2.24, 2.45) is 0 Å². The molecular formula is C30H36FN3O4S. The van der Waals surface area contributed by atoms with Crippen molar-refractivity contribution >= 4 is 27.5 Å². The highest BCUT2D eigenvalue weighted by molar-refractivity contribution is 7.92. The maximum Gasteiger partial charge on any atom is 0.264 e. The van der Waals surface area contributed by atoms with Crippen LogP contribution in [0.15, 0.2) is 83.8 Å². The molecule has 0 heterocycles. The molecule has 208 valence electrons. The molecule has 1 N–H and O–H groups in total. The topological polar surface area (TPSA) is 86.8 Å². The van der Waals surface area contributed by atoms with E-state index in [1.54, 1.807) is 24.3 Å². The highest BCUT2D eigenvalue weighted by atomic mass is 32.2. The summed E-state index contributed by atoms with van der Waals surface area (Å²) in [6.07, 6.45) is 1.07.